The molecular weight excluding hydrogens is 295 g/mol. The van der Waals surface area contributed by atoms with Gasteiger partial charge in [0.05, 0.1) is 16.1 Å². The first-order valence-corrected chi connectivity index (χ1v) is 7.89. The molecule has 1 fully saturated rings. The second-order valence-electron chi connectivity index (χ2n) is 5.47. The van der Waals surface area contributed by atoms with Crippen molar-refractivity contribution >= 4 is 23.2 Å². The van der Waals surface area contributed by atoms with Gasteiger partial charge >= 0.3 is 0 Å². The summed E-state index contributed by atoms with van der Waals surface area (Å²) in [6.45, 7) is 2.85. The van der Waals surface area contributed by atoms with Crippen LogP contribution in [0.15, 0.2) is 18.2 Å². The minimum absolute atomic E-state index is 0.264. The van der Waals surface area contributed by atoms with Crippen molar-refractivity contribution in [2.45, 2.75) is 44.8 Å². The molecule has 3 N–H and O–H groups in total. The van der Waals surface area contributed by atoms with E-state index in [0.29, 0.717) is 22.1 Å². The van der Waals surface area contributed by atoms with E-state index in [2.05, 4.69) is 5.43 Å². The Labute approximate surface area is 130 Å². The molecule has 5 heteroatoms. The monoisotopic (exact) mass is 316 g/mol. The Hall–Kier alpha value is -0.320. The van der Waals surface area contributed by atoms with Crippen LogP contribution in [0.3, 0.4) is 0 Å². The van der Waals surface area contributed by atoms with Crippen molar-refractivity contribution < 1.29 is 4.74 Å². The van der Waals surface area contributed by atoms with E-state index < -0.39 is 0 Å². The number of hydrogen-bond acceptors (Lipinski definition) is 3. The number of benzene rings is 1. The molecule has 1 aliphatic carbocycles. The summed E-state index contributed by atoms with van der Waals surface area (Å²) in [6.07, 6.45) is 4.68. The Morgan fingerprint density at radius 1 is 1.35 bits per heavy atom. The molecule has 0 radical (unpaired) electrons. The molecule has 1 aromatic carbocycles. The Kier molecular flexibility index (Phi) is 6.12. The van der Waals surface area contributed by atoms with Crippen LogP contribution in [0.1, 0.15) is 31.7 Å². The van der Waals surface area contributed by atoms with E-state index in [1.54, 1.807) is 0 Å². The van der Waals surface area contributed by atoms with E-state index in [1.807, 2.05) is 25.1 Å². The van der Waals surface area contributed by atoms with Crippen LogP contribution < -0.4 is 11.3 Å². The topological polar surface area (TPSA) is 47.3 Å². The van der Waals surface area contributed by atoms with Crippen LogP contribution in [-0.4, -0.2) is 18.8 Å². The average Bonchev–Trinajstić information content (AvgIpc) is 2.39. The molecule has 0 aliphatic heterocycles. The van der Waals surface area contributed by atoms with Crippen molar-refractivity contribution in [3.8, 4) is 0 Å². The summed E-state index contributed by atoms with van der Waals surface area (Å²) in [5, 5.41) is 1.19. The summed E-state index contributed by atoms with van der Waals surface area (Å²) >= 11 is 12.0. The molecule has 20 heavy (non-hydrogen) atoms. The van der Waals surface area contributed by atoms with E-state index in [0.717, 1.165) is 37.9 Å². The number of ether oxygens (including phenoxy) is 1. The molecule has 1 aliphatic rings. The smallest absolute Gasteiger partial charge is 0.0595 e. The summed E-state index contributed by atoms with van der Waals surface area (Å²) in [6, 6.07) is 6.02. The SMILES string of the molecule is CCOC1CC(CC(Cc2ccc(Cl)c(Cl)c2)NN)C1. The van der Waals surface area contributed by atoms with Crippen LogP contribution in [-0.2, 0) is 11.2 Å². The predicted molar refractivity (Wildman–Crippen MR) is 84.0 cm³/mol. The van der Waals surface area contributed by atoms with Gasteiger partial charge in [-0.2, -0.15) is 0 Å². The van der Waals surface area contributed by atoms with Gasteiger partial charge in [0.15, 0.2) is 0 Å². The number of hydrazine groups is 1. The summed E-state index contributed by atoms with van der Waals surface area (Å²) in [4.78, 5) is 0. The third-order valence-corrected chi connectivity index (χ3v) is 4.65. The third-order valence-electron chi connectivity index (χ3n) is 3.91. The largest absolute Gasteiger partial charge is 0.378 e. The van der Waals surface area contributed by atoms with Gasteiger partial charge < -0.3 is 4.74 Å². The Morgan fingerprint density at radius 3 is 2.70 bits per heavy atom. The van der Waals surface area contributed by atoms with E-state index in [1.165, 1.54) is 0 Å². The summed E-state index contributed by atoms with van der Waals surface area (Å²) in [7, 11) is 0. The molecule has 0 heterocycles. The molecule has 0 amide bonds. The van der Waals surface area contributed by atoms with Gasteiger partial charge in [-0.25, -0.2) is 0 Å². The maximum absolute atomic E-state index is 6.04. The number of halogens is 2. The second kappa shape index (κ2) is 7.62. The van der Waals surface area contributed by atoms with Crippen molar-refractivity contribution in [3.63, 3.8) is 0 Å². The van der Waals surface area contributed by atoms with Gasteiger partial charge in [-0.15, -0.1) is 0 Å². The fourth-order valence-corrected chi connectivity index (χ4v) is 3.12. The van der Waals surface area contributed by atoms with Gasteiger partial charge in [0.25, 0.3) is 0 Å². The molecular formula is C15H22Cl2N2O. The molecule has 3 nitrogen and oxygen atoms in total. The lowest BCUT2D eigenvalue weighted by Gasteiger charge is -2.37. The molecule has 2 rings (SSSR count). The maximum atomic E-state index is 6.04. The quantitative estimate of drug-likeness (QED) is 0.597. The lowest BCUT2D eigenvalue weighted by Crippen LogP contribution is -2.42. The molecule has 1 unspecified atom stereocenters. The maximum Gasteiger partial charge on any atom is 0.0595 e. The molecule has 1 atom stereocenters. The first-order chi connectivity index (χ1) is 9.62. The molecule has 0 saturated heterocycles. The Morgan fingerprint density at radius 2 is 2.10 bits per heavy atom. The fraction of sp³-hybridized carbons (Fsp3) is 0.600. The summed E-state index contributed by atoms with van der Waals surface area (Å²) in [5.41, 5.74) is 4.07. The number of nitrogens with one attached hydrogen (secondary N) is 1. The van der Waals surface area contributed by atoms with Gasteiger partial charge in [0.1, 0.15) is 0 Å². The van der Waals surface area contributed by atoms with Gasteiger partial charge in [-0.1, -0.05) is 29.3 Å². The van der Waals surface area contributed by atoms with E-state index in [4.69, 9.17) is 33.8 Å². The number of rotatable bonds is 7. The van der Waals surface area contributed by atoms with E-state index in [9.17, 15) is 0 Å². The van der Waals surface area contributed by atoms with Crippen LogP contribution in [0.25, 0.3) is 0 Å². The highest BCUT2D eigenvalue weighted by molar-refractivity contribution is 6.42. The highest BCUT2D eigenvalue weighted by Crippen LogP contribution is 2.34. The van der Waals surface area contributed by atoms with Crippen molar-refractivity contribution in [1.82, 2.24) is 5.43 Å². The summed E-state index contributed by atoms with van der Waals surface area (Å²) < 4.78 is 5.59. The normalized spacial score (nSPS) is 23.4. The fourth-order valence-electron chi connectivity index (χ4n) is 2.80. The standard InChI is InChI=1S/C15H22Cl2N2O/c1-2-20-13-7-11(8-13)6-12(19-18)5-10-3-4-14(16)15(17)9-10/h3-4,9,11-13,19H,2,5-8,18H2,1H3. The first kappa shape index (κ1) is 16.1. The van der Waals surface area contributed by atoms with E-state index >= 15 is 0 Å². The van der Waals surface area contributed by atoms with E-state index in [-0.39, 0.29) is 6.04 Å². The average molecular weight is 317 g/mol. The van der Waals surface area contributed by atoms with Crippen molar-refractivity contribution in [2.24, 2.45) is 11.8 Å². The Bertz CT molecular complexity index is 436. The zero-order valence-corrected chi connectivity index (χ0v) is 13.3. The van der Waals surface area contributed by atoms with Crippen LogP contribution in [0, 0.1) is 5.92 Å². The molecule has 0 spiro atoms. The number of hydrogen-bond donors (Lipinski definition) is 2. The van der Waals surface area contributed by atoms with Gasteiger partial charge in [0, 0.05) is 12.6 Å². The molecule has 0 aromatic heterocycles. The minimum atomic E-state index is 0.264. The third kappa shape index (κ3) is 4.34. The molecule has 1 saturated carbocycles. The second-order valence-corrected chi connectivity index (χ2v) is 6.28. The summed E-state index contributed by atoms with van der Waals surface area (Å²) in [5.74, 6) is 6.37. The van der Waals surface area contributed by atoms with Crippen LogP contribution in [0.2, 0.25) is 10.0 Å². The zero-order chi connectivity index (χ0) is 14.5. The molecule has 112 valence electrons. The van der Waals surface area contributed by atoms with Crippen LogP contribution in [0.5, 0.6) is 0 Å². The van der Waals surface area contributed by atoms with Gasteiger partial charge in [0.2, 0.25) is 0 Å². The predicted octanol–water partition coefficient (Wildman–Crippen LogP) is 3.57. The van der Waals surface area contributed by atoms with Gasteiger partial charge in [-0.3, -0.25) is 11.3 Å². The molecule has 0 bridgehead atoms. The lowest BCUT2D eigenvalue weighted by atomic mass is 9.77. The highest BCUT2D eigenvalue weighted by atomic mass is 35.5. The minimum Gasteiger partial charge on any atom is -0.378 e. The lowest BCUT2D eigenvalue weighted by molar-refractivity contribution is -0.0290. The first-order valence-electron chi connectivity index (χ1n) is 7.14. The van der Waals surface area contributed by atoms with Crippen LogP contribution >= 0.6 is 23.2 Å². The Balaban J connectivity index is 1.82. The number of nitrogens with two attached hydrogens (primary N) is 1. The molecule has 1 aromatic rings. The zero-order valence-electron chi connectivity index (χ0n) is 11.7. The van der Waals surface area contributed by atoms with Gasteiger partial charge in [-0.05, 0) is 56.2 Å². The van der Waals surface area contributed by atoms with Crippen molar-refractivity contribution in [2.75, 3.05) is 6.61 Å². The van der Waals surface area contributed by atoms with Crippen molar-refractivity contribution in [1.29, 1.82) is 0 Å². The van der Waals surface area contributed by atoms with Crippen LogP contribution in [0.4, 0.5) is 0 Å². The highest BCUT2D eigenvalue weighted by Gasteiger charge is 2.31. The van der Waals surface area contributed by atoms with Crippen molar-refractivity contribution in [3.05, 3.63) is 33.8 Å².